The molecule has 160 valence electrons. The Kier molecular flexibility index (Phi) is 7.03. The lowest BCUT2D eigenvalue weighted by atomic mass is 9.98. The lowest BCUT2D eigenvalue weighted by molar-refractivity contribution is 0.636. The lowest BCUT2D eigenvalue weighted by Crippen LogP contribution is -1.94. The van der Waals surface area contributed by atoms with E-state index in [2.05, 4.69) is 68.2 Å². The van der Waals surface area contributed by atoms with Crippen LogP contribution in [0.25, 0.3) is 10.8 Å². The molecule has 0 aliphatic rings. The van der Waals surface area contributed by atoms with Gasteiger partial charge in [0.05, 0.1) is 5.56 Å². The molecule has 0 unspecified atom stereocenters. The molecule has 0 atom stereocenters. The second-order valence-corrected chi connectivity index (χ2v) is 8.35. The van der Waals surface area contributed by atoms with Gasteiger partial charge in [0.2, 0.25) is 0 Å². The summed E-state index contributed by atoms with van der Waals surface area (Å²) in [7, 11) is 0. The molecule has 0 radical (unpaired) electrons. The van der Waals surface area contributed by atoms with E-state index in [0.717, 1.165) is 36.6 Å². The Bertz CT molecular complexity index is 1250. The Morgan fingerprint density at radius 1 is 0.625 bits per heavy atom. The zero-order valence-corrected chi connectivity index (χ0v) is 18.9. The Balaban J connectivity index is 1.48. The van der Waals surface area contributed by atoms with E-state index in [1.54, 1.807) is 6.07 Å². The molecule has 4 aromatic rings. The fourth-order valence-corrected chi connectivity index (χ4v) is 4.01. The number of rotatable bonds is 6. The molecule has 0 saturated carbocycles. The molecule has 0 N–H and O–H groups in total. The van der Waals surface area contributed by atoms with Crippen LogP contribution in [0.2, 0.25) is 0 Å². The van der Waals surface area contributed by atoms with Crippen molar-refractivity contribution in [2.75, 3.05) is 0 Å². The predicted octanol–water partition coefficient (Wildman–Crippen LogP) is 7.68. The van der Waals surface area contributed by atoms with E-state index in [4.69, 9.17) is 0 Å². The minimum atomic E-state index is -0.238. The second-order valence-electron chi connectivity index (χ2n) is 8.35. The molecule has 1 heteroatoms. The molecule has 4 aromatic carbocycles. The lowest BCUT2D eigenvalue weighted by Gasteiger charge is -2.07. The van der Waals surface area contributed by atoms with Crippen LogP contribution in [0.3, 0.4) is 0 Å². The summed E-state index contributed by atoms with van der Waals surface area (Å²) < 4.78 is 15.1. The summed E-state index contributed by atoms with van der Waals surface area (Å²) in [5, 5.41) is 1.56. The molecular formula is C31H29F. The zero-order chi connectivity index (χ0) is 22.3. The molecule has 0 spiro atoms. The molecule has 0 saturated heterocycles. The van der Waals surface area contributed by atoms with Gasteiger partial charge in [-0.15, -0.1) is 0 Å². The van der Waals surface area contributed by atoms with Crippen LogP contribution in [0.5, 0.6) is 0 Å². The van der Waals surface area contributed by atoms with Crippen LogP contribution in [-0.2, 0) is 25.7 Å². The highest BCUT2D eigenvalue weighted by molar-refractivity contribution is 5.85. The van der Waals surface area contributed by atoms with Crippen molar-refractivity contribution < 1.29 is 4.39 Å². The van der Waals surface area contributed by atoms with Crippen LogP contribution >= 0.6 is 0 Å². The first-order chi connectivity index (χ1) is 15.7. The summed E-state index contributed by atoms with van der Waals surface area (Å²) in [4.78, 5) is 0. The van der Waals surface area contributed by atoms with Crippen molar-refractivity contribution in [2.45, 2.75) is 46.0 Å². The van der Waals surface area contributed by atoms with Gasteiger partial charge in [0.25, 0.3) is 0 Å². The van der Waals surface area contributed by atoms with E-state index in [1.807, 2.05) is 30.3 Å². The minimum Gasteiger partial charge on any atom is -0.205 e. The standard InChI is InChI=1S/C31H29F/c1-3-5-24-10-12-25(13-11-24)14-15-27-17-21-30-29(22-27)20-19-28(31(30)32)18-16-26-8-6-23(4-2)7-9-26/h6-13,17,19-22H,3-5,14-15H2,1-2H3. The number of benzene rings is 4. The molecule has 0 amide bonds. The zero-order valence-electron chi connectivity index (χ0n) is 18.9. The smallest absolute Gasteiger partial charge is 0.146 e. The molecule has 0 aromatic heterocycles. The monoisotopic (exact) mass is 420 g/mol. The number of hydrogen-bond donors (Lipinski definition) is 0. The molecule has 0 aliphatic carbocycles. The molecule has 0 heterocycles. The van der Waals surface area contributed by atoms with E-state index in [0.29, 0.717) is 10.9 Å². The number of halogens is 1. The summed E-state index contributed by atoms with van der Waals surface area (Å²) in [5.41, 5.74) is 6.58. The van der Waals surface area contributed by atoms with E-state index < -0.39 is 0 Å². The first-order valence-electron chi connectivity index (χ1n) is 11.6. The third-order valence-electron chi connectivity index (χ3n) is 5.99. The van der Waals surface area contributed by atoms with Gasteiger partial charge in [0.15, 0.2) is 0 Å². The van der Waals surface area contributed by atoms with Crippen molar-refractivity contribution in [1.82, 2.24) is 0 Å². The van der Waals surface area contributed by atoms with Crippen LogP contribution in [-0.4, -0.2) is 0 Å². The van der Waals surface area contributed by atoms with Gasteiger partial charge in [-0.05, 0) is 71.5 Å². The highest BCUT2D eigenvalue weighted by atomic mass is 19.1. The summed E-state index contributed by atoms with van der Waals surface area (Å²) in [6, 6.07) is 26.9. The van der Waals surface area contributed by atoms with Gasteiger partial charge in [0.1, 0.15) is 5.82 Å². The summed E-state index contributed by atoms with van der Waals surface area (Å²) in [6.45, 7) is 4.33. The number of fused-ring (bicyclic) bond motifs is 1. The van der Waals surface area contributed by atoms with Crippen LogP contribution < -0.4 is 0 Å². The van der Waals surface area contributed by atoms with Crippen LogP contribution in [0.4, 0.5) is 4.39 Å². The Morgan fingerprint density at radius 2 is 1.25 bits per heavy atom. The molecule has 4 rings (SSSR count). The maximum atomic E-state index is 15.1. The van der Waals surface area contributed by atoms with Crippen molar-refractivity contribution in [2.24, 2.45) is 0 Å². The van der Waals surface area contributed by atoms with E-state index in [9.17, 15) is 0 Å². The van der Waals surface area contributed by atoms with E-state index in [1.165, 1.54) is 28.7 Å². The normalized spacial score (nSPS) is 10.7. The highest BCUT2D eigenvalue weighted by Gasteiger charge is 2.07. The summed E-state index contributed by atoms with van der Waals surface area (Å²) in [6.07, 6.45) is 5.24. The third kappa shape index (κ3) is 5.27. The van der Waals surface area contributed by atoms with Gasteiger partial charge >= 0.3 is 0 Å². The summed E-state index contributed by atoms with van der Waals surface area (Å²) in [5.74, 6) is 5.86. The predicted molar refractivity (Wildman–Crippen MR) is 134 cm³/mol. The Hall–Kier alpha value is -3.37. The van der Waals surface area contributed by atoms with Crippen LogP contribution in [0.1, 0.15) is 53.6 Å². The van der Waals surface area contributed by atoms with Crippen LogP contribution in [0.15, 0.2) is 78.9 Å². The maximum absolute atomic E-state index is 15.1. The Labute approximate surface area is 191 Å². The minimum absolute atomic E-state index is 0.238. The van der Waals surface area contributed by atoms with Gasteiger partial charge in [-0.3, -0.25) is 0 Å². The van der Waals surface area contributed by atoms with Crippen molar-refractivity contribution in [3.05, 3.63) is 118 Å². The fraction of sp³-hybridized carbons (Fsp3) is 0.226. The highest BCUT2D eigenvalue weighted by Crippen LogP contribution is 2.23. The SMILES string of the molecule is CCCc1ccc(CCc2ccc3c(F)c(C#Cc4ccc(CC)cc4)ccc3c2)cc1. The summed E-state index contributed by atoms with van der Waals surface area (Å²) >= 11 is 0. The number of hydrogen-bond acceptors (Lipinski definition) is 0. The van der Waals surface area contributed by atoms with E-state index >= 15 is 4.39 Å². The van der Waals surface area contributed by atoms with Gasteiger partial charge < -0.3 is 0 Å². The molecule has 32 heavy (non-hydrogen) atoms. The molecule has 0 fully saturated rings. The van der Waals surface area contributed by atoms with Crippen molar-refractivity contribution in [3.63, 3.8) is 0 Å². The van der Waals surface area contributed by atoms with Gasteiger partial charge in [-0.1, -0.05) is 92.8 Å². The quantitative estimate of drug-likeness (QED) is 0.281. The van der Waals surface area contributed by atoms with E-state index in [-0.39, 0.29) is 5.82 Å². The fourth-order valence-electron chi connectivity index (χ4n) is 4.01. The van der Waals surface area contributed by atoms with Crippen LogP contribution in [0, 0.1) is 17.7 Å². The van der Waals surface area contributed by atoms with Gasteiger partial charge in [-0.25, -0.2) is 4.39 Å². The first kappa shape index (κ1) is 21.8. The average Bonchev–Trinajstić information content (AvgIpc) is 2.84. The van der Waals surface area contributed by atoms with Gasteiger partial charge in [-0.2, -0.15) is 0 Å². The first-order valence-corrected chi connectivity index (χ1v) is 11.6. The molecule has 0 aliphatic heterocycles. The number of aryl methyl sites for hydroxylation is 4. The molecule has 0 nitrogen and oxygen atoms in total. The second kappa shape index (κ2) is 10.3. The van der Waals surface area contributed by atoms with Gasteiger partial charge in [0, 0.05) is 10.9 Å². The largest absolute Gasteiger partial charge is 0.205 e. The molecule has 0 bridgehead atoms. The average molecular weight is 421 g/mol. The van der Waals surface area contributed by atoms with Crippen molar-refractivity contribution in [3.8, 4) is 11.8 Å². The van der Waals surface area contributed by atoms with Crippen molar-refractivity contribution in [1.29, 1.82) is 0 Å². The van der Waals surface area contributed by atoms with Crippen molar-refractivity contribution >= 4 is 10.8 Å². The molecular weight excluding hydrogens is 391 g/mol. The Morgan fingerprint density at radius 3 is 1.94 bits per heavy atom. The maximum Gasteiger partial charge on any atom is 0.146 e. The topological polar surface area (TPSA) is 0 Å². The third-order valence-corrected chi connectivity index (χ3v) is 5.99.